The first-order valence-corrected chi connectivity index (χ1v) is 7.72. The molecule has 2 aromatic rings. The standard InChI is InChI=1S/C17H12Cl2N2O3/c1-24-13-8-7-10(18)9-12(13)21-16(22)14(19)15(17(21)23)20-11-5-3-2-4-6-11/h2-9,20H,1H3. The van der Waals surface area contributed by atoms with Crippen LogP contribution in [0.15, 0.2) is 59.3 Å². The zero-order valence-electron chi connectivity index (χ0n) is 12.5. The summed E-state index contributed by atoms with van der Waals surface area (Å²) in [4.78, 5) is 26.1. The number of hydrogen-bond donors (Lipinski definition) is 1. The number of carbonyl (C=O) groups excluding carboxylic acids is 2. The van der Waals surface area contributed by atoms with E-state index in [-0.39, 0.29) is 16.4 Å². The second-order valence-electron chi connectivity index (χ2n) is 4.94. The maximum atomic E-state index is 12.7. The van der Waals surface area contributed by atoms with E-state index in [1.165, 1.54) is 13.2 Å². The molecule has 1 heterocycles. The largest absolute Gasteiger partial charge is 0.495 e. The Kier molecular flexibility index (Phi) is 4.46. The van der Waals surface area contributed by atoms with Crippen LogP contribution in [0.3, 0.4) is 0 Å². The SMILES string of the molecule is COc1ccc(Cl)cc1N1C(=O)C(Cl)=C(Nc2ccccc2)C1=O. The fourth-order valence-corrected chi connectivity index (χ4v) is 2.71. The molecule has 0 bridgehead atoms. The van der Waals surface area contributed by atoms with Gasteiger partial charge in [-0.1, -0.05) is 41.4 Å². The molecule has 0 atom stereocenters. The van der Waals surface area contributed by atoms with Crippen molar-refractivity contribution in [3.63, 3.8) is 0 Å². The molecule has 1 aliphatic heterocycles. The predicted molar refractivity (Wildman–Crippen MR) is 93.4 cm³/mol. The second kappa shape index (κ2) is 6.55. The van der Waals surface area contributed by atoms with Crippen LogP contribution in [0.2, 0.25) is 5.02 Å². The molecule has 0 fully saturated rings. The van der Waals surface area contributed by atoms with Crippen LogP contribution in [0.1, 0.15) is 0 Å². The Hall–Kier alpha value is -2.50. The number of imide groups is 1. The molecule has 5 nitrogen and oxygen atoms in total. The molecule has 0 radical (unpaired) electrons. The summed E-state index contributed by atoms with van der Waals surface area (Å²) in [7, 11) is 1.44. The number of ether oxygens (including phenoxy) is 1. The van der Waals surface area contributed by atoms with E-state index >= 15 is 0 Å². The smallest absolute Gasteiger partial charge is 0.283 e. The zero-order chi connectivity index (χ0) is 17.3. The number of methoxy groups -OCH3 is 1. The number of anilines is 2. The lowest BCUT2D eigenvalue weighted by molar-refractivity contribution is -0.120. The van der Waals surface area contributed by atoms with Crippen molar-refractivity contribution < 1.29 is 14.3 Å². The van der Waals surface area contributed by atoms with Gasteiger partial charge in [0.1, 0.15) is 16.5 Å². The minimum absolute atomic E-state index is 0.00916. The van der Waals surface area contributed by atoms with E-state index in [4.69, 9.17) is 27.9 Å². The third-order valence-electron chi connectivity index (χ3n) is 3.45. The van der Waals surface area contributed by atoms with Gasteiger partial charge in [0, 0.05) is 10.7 Å². The highest BCUT2D eigenvalue weighted by molar-refractivity contribution is 6.53. The van der Waals surface area contributed by atoms with Gasteiger partial charge >= 0.3 is 0 Å². The monoisotopic (exact) mass is 362 g/mol. The topological polar surface area (TPSA) is 58.6 Å². The van der Waals surface area contributed by atoms with Crippen molar-refractivity contribution in [3.05, 3.63) is 64.3 Å². The van der Waals surface area contributed by atoms with E-state index in [2.05, 4.69) is 5.32 Å². The molecule has 0 aliphatic carbocycles. The van der Waals surface area contributed by atoms with Crippen LogP contribution in [0, 0.1) is 0 Å². The highest BCUT2D eigenvalue weighted by Crippen LogP contribution is 2.37. The lowest BCUT2D eigenvalue weighted by Crippen LogP contribution is -2.32. The van der Waals surface area contributed by atoms with Crippen LogP contribution in [0.25, 0.3) is 0 Å². The first-order chi connectivity index (χ1) is 11.5. The molecule has 0 unspecified atom stereocenters. The molecule has 1 N–H and O–H groups in total. The summed E-state index contributed by atoms with van der Waals surface area (Å²) >= 11 is 12.1. The van der Waals surface area contributed by atoms with Crippen molar-refractivity contribution in [2.45, 2.75) is 0 Å². The number of amides is 2. The second-order valence-corrected chi connectivity index (χ2v) is 5.76. The Balaban J connectivity index is 1.99. The van der Waals surface area contributed by atoms with Gasteiger partial charge in [0.2, 0.25) is 0 Å². The third-order valence-corrected chi connectivity index (χ3v) is 4.04. The van der Waals surface area contributed by atoms with E-state index in [1.807, 2.05) is 6.07 Å². The van der Waals surface area contributed by atoms with Crippen molar-refractivity contribution in [1.29, 1.82) is 0 Å². The number of benzene rings is 2. The van der Waals surface area contributed by atoms with Gasteiger partial charge < -0.3 is 10.1 Å². The number of halogens is 2. The number of nitrogens with one attached hydrogen (secondary N) is 1. The van der Waals surface area contributed by atoms with Crippen molar-refractivity contribution in [3.8, 4) is 5.75 Å². The van der Waals surface area contributed by atoms with E-state index in [1.54, 1.807) is 36.4 Å². The molecule has 2 aromatic carbocycles. The number of para-hydroxylation sites is 1. The summed E-state index contributed by atoms with van der Waals surface area (Å²) in [5.41, 5.74) is 0.893. The lowest BCUT2D eigenvalue weighted by atomic mass is 10.2. The third kappa shape index (κ3) is 2.84. The van der Waals surface area contributed by atoms with Crippen LogP contribution in [-0.4, -0.2) is 18.9 Å². The molecule has 3 rings (SSSR count). The fraction of sp³-hybridized carbons (Fsp3) is 0.0588. The van der Waals surface area contributed by atoms with Crippen LogP contribution in [-0.2, 0) is 9.59 Å². The molecular formula is C17H12Cl2N2O3. The lowest BCUT2D eigenvalue weighted by Gasteiger charge is -2.18. The van der Waals surface area contributed by atoms with Gasteiger partial charge in [-0.2, -0.15) is 0 Å². The summed E-state index contributed by atoms with van der Waals surface area (Å²) in [5.74, 6) is -0.874. The highest BCUT2D eigenvalue weighted by Gasteiger charge is 2.40. The quantitative estimate of drug-likeness (QED) is 0.840. The average molecular weight is 363 g/mol. The van der Waals surface area contributed by atoms with Gasteiger partial charge in [-0.15, -0.1) is 0 Å². The van der Waals surface area contributed by atoms with Gasteiger partial charge in [-0.05, 0) is 30.3 Å². The molecule has 0 saturated carbocycles. The van der Waals surface area contributed by atoms with Crippen LogP contribution < -0.4 is 15.0 Å². The fourth-order valence-electron chi connectivity index (χ4n) is 2.33. The maximum absolute atomic E-state index is 12.7. The zero-order valence-corrected chi connectivity index (χ0v) is 14.1. The summed E-state index contributed by atoms with van der Waals surface area (Å²) in [6, 6.07) is 13.6. The van der Waals surface area contributed by atoms with Crippen LogP contribution in [0.5, 0.6) is 5.75 Å². The summed E-state index contributed by atoms with van der Waals surface area (Å²) in [6.45, 7) is 0. The molecule has 2 amide bonds. The molecule has 0 spiro atoms. The maximum Gasteiger partial charge on any atom is 0.283 e. The van der Waals surface area contributed by atoms with Gasteiger partial charge in [-0.3, -0.25) is 9.59 Å². The Morgan fingerprint density at radius 3 is 2.38 bits per heavy atom. The first-order valence-electron chi connectivity index (χ1n) is 6.97. The minimum Gasteiger partial charge on any atom is -0.495 e. The van der Waals surface area contributed by atoms with Gasteiger partial charge in [0.25, 0.3) is 11.8 Å². The van der Waals surface area contributed by atoms with E-state index in [0.29, 0.717) is 16.5 Å². The predicted octanol–water partition coefficient (Wildman–Crippen LogP) is 3.78. The molecule has 24 heavy (non-hydrogen) atoms. The van der Waals surface area contributed by atoms with Crippen LogP contribution in [0.4, 0.5) is 11.4 Å². The summed E-state index contributed by atoms with van der Waals surface area (Å²) in [6.07, 6.45) is 0. The van der Waals surface area contributed by atoms with Gasteiger partial charge in [0.15, 0.2) is 0 Å². The summed E-state index contributed by atoms with van der Waals surface area (Å²) in [5, 5.41) is 3.06. The Morgan fingerprint density at radius 2 is 1.71 bits per heavy atom. The molecule has 0 aromatic heterocycles. The number of hydrogen-bond acceptors (Lipinski definition) is 4. The molecule has 0 saturated heterocycles. The summed E-state index contributed by atoms with van der Waals surface area (Å²) < 4.78 is 5.21. The van der Waals surface area contributed by atoms with Crippen molar-refractivity contribution in [2.24, 2.45) is 0 Å². The number of rotatable bonds is 4. The average Bonchev–Trinajstić information content (AvgIpc) is 2.79. The van der Waals surface area contributed by atoms with E-state index in [9.17, 15) is 9.59 Å². The number of nitrogens with zero attached hydrogens (tertiary/aromatic N) is 1. The minimum atomic E-state index is -0.638. The highest BCUT2D eigenvalue weighted by atomic mass is 35.5. The molecule has 122 valence electrons. The first kappa shape index (κ1) is 16.4. The Labute approximate surface area is 148 Å². The Bertz CT molecular complexity index is 850. The normalized spacial score (nSPS) is 14.4. The number of carbonyl (C=O) groups is 2. The van der Waals surface area contributed by atoms with Crippen molar-refractivity contribution >= 4 is 46.4 Å². The molecule has 1 aliphatic rings. The van der Waals surface area contributed by atoms with Crippen molar-refractivity contribution in [2.75, 3.05) is 17.3 Å². The van der Waals surface area contributed by atoms with Crippen LogP contribution >= 0.6 is 23.2 Å². The van der Waals surface area contributed by atoms with E-state index < -0.39 is 11.8 Å². The Morgan fingerprint density at radius 1 is 1.00 bits per heavy atom. The van der Waals surface area contributed by atoms with Gasteiger partial charge in [-0.25, -0.2) is 4.90 Å². The molecular weight excluding hydrogens is 351 g/mol. The van der Waals surface area contributed by atoms with E-state index in [0.717, 1.165) is 4.90 Å². The molecule has 7 heteroatoms. The van der Waals surface area contributed by atoms with Crippen molar-refractivity contribution in [1.82, 2.24) is 0 Å². The van der Waals surface area contributed by atoms with Gasteiger partial charge in [0.05, 0.1) is 12.8 Å².